The van der Waals surface area contributed by atoms with E-state index in [-0.39, 0.29) is 28.9 Å². The first-order chi connectivity index (χ1) is 11.4. The molecule has 128 valence electrons. The van der Waals surface area contributed by atoms with E-state index in [4.69, 9.17) is 11.5 Å². The lowest BCUT2D eigenvalue weighted by molar-refractivity contribution is -0.137. The second-order valence-corrected chi connectivity index (χ2v) is 5.72. The van der Waals surface area contributed by atoms with E-state index in [1.807, 2.05) is 0 Å². The minimum absolute atomic E-state index is 0.0429. The van der Waals surface area contributed by atoms with Gasteiger partial charge in [-0.15, -0.1) is 0 Å². The topological polar surface area (TPSA) is 103 Å². The Morgan fingerprint density at radius 1 is 1.04 bits per heavy atom. The van der Waals surface area contributed by atoms with Crippen LogP contribution in [0.5, 0.6) is 0 Å². The Hall–Kier alpha value is -2.42. The summed E-state index contributed by atoms with van der Waals surface area (Å²) in [5, 5.41) is 3.24. The van der Waals surface area contributed by atoms with Crippen LogP contribution in [0.1, 0.15) is 29.9 Å². The Labute approximate surface area is 136 Å². The number of halogens is 3. The maximum atomic E-state index is 12.8. The molecule has 0 unspecified atom stereocenters. The van der Waals surface area contributed by atoms with Crippen molar-refractivity contribution < 1.29 is 13.2 Å². The van der Waals surface area contributed by atoms with Crippen LogP contribution in [0.15, 0.2) is 18.5 Å². The van der Waals surface area contributed by atoms with Crippen LogP contribution in [0, 0.1) is 0 Å². The van der Waals surface area contributed by atoms with Gasteiger partial charge < -0.3 is 16.8 Å². The van der Waals surface area contributed by atoms with Crippen LogP contribution in [0.3, 0.4) is 0 Å². The minimum atomic E-state index is -4.49. The maximum absolute atomic E-state index is 12.8. The molecule has 5 N–H and O–H groups in total. The van der Waals surface area contributed by atoms with Gasteiger partial charge in [0.25, 0.3) is 0 Å². The zero-order valence-corrected chi connectivity index (χ0v) is 12.8. The molecule has 0 amide bonds. The molecule has 2 aromatic rings. The summed E-state index contributed by atoms with van der Waals surface area (Å²) in [6.07, 6.45) is -0.757. The van der Waals surface area contributed by atoms with E-state index < -0.39 is 11.7 Å². The first-order valence-corrected chi connectivity index (χ1v) is 7.52. The number of hydrogen-bond acceptors (Lipinski definition) is 6. The van der Waals surface area contributed by atoms with Crippen LogP contribution >= 0.6 is 0 Å². The molecule has 0 aliphatic carbocycles. The second-order valence-electron chi connectivity index (χ2n) is 5.72. The van der Waals surface area contributed by atoms with Crippen molar-refractivity contribution in [3.05, 3.63) is 29.6 Å². The molecule has 9 heteroatoms. The van der Waals surface area contributed by atoms with Crippen molar-refractivity contribution in [1.82, 2.24) is 20.3 Å². The predicted molar refractivity (Wildman–Crippen MR) is 83.9 cm³/mol. The molecule has 0 saturated carbocycles. The number of aromatic nitrogens is 3. The summed E-state index contributed by atoms with van der Waals surface area (Å²) in [6, 6.07) is 0.936. The summed E-state index contributed by atoms with van der Waals surface area (Å²) in [5.41, 5.74) is 12.0. The van der Waals surface area contributed by atoms with Crippen LogP contribution < -0.4 is 16.8 Å². The third-order valence-corrected chi connectivity index (χ3v) is 4.08. The number of alkyl halides is 3. The van der Waals surface area contributed by atoms with Crippen molar-refractivity contribution in [3.8, 4) is 11.4 Å². The van der Waals surface area contributed by atoms with Gasteiger partial charge in [-0.05, 0) is 37.9 Å². The maximum Gasteiger partial charge on any atom is 0.417 e. The lowest BCUT2D eigenvalue weighted by atomic mass is 9.90. The normalized spacial score (nSPS) is 16.3. The van der Waals surface area contributed by atoms with Crippen molar-refractivity contribution >= 4 is 11.6 Å². The van der Waals surface area contributed by atoms with Gasteiger partial charge in [-0.3, -0.25) is 4.98 Å². The van der Waals surface area contributed by atoms with Crippen molar-refractivity contribution in [2.75, 3.05) is 24.6 Å². The third-order valence-electron chi connectivity index (χ3n) is 4.08. The molecule has 1 saturated heterocycles. The molecular formula is C15H17F3N6. The van der Waals surface area contributed by atoms with E-state index >= 15 is 0 Å². The van der Waals surface area contributed by atoms with Crippen LogP contribution in [-0.2, 0) is 6.18 Å². The molecule has 1 aliphatic rings. The van der Waals surface area contributed by atoms with Crippen LogP contribution in [0.4, 0.5) is 24.8 Å². The highest BCUT2D eigenvalue weighted by molar-refractivity contribution is 5.64. The monoisotopic (exact) mass is 338 g/mol. The van der Waals surface area contributed by atoms with E-state index in [2.05, 4.69) is 20.3 Å². The van der Waals surface area contributed by atoms with Gasteiger partial charge in [0, 0.05) is 23.5 Å². The standard InChI is InChI=1S/C15H17F3N6/c16-15(17,18)10-5-9(6-22-7-10)14-23-12(19)11(13(20)24-14)8-1-3-21-4-2-8/h5-8,21H,1-4H2,(H4,19,20,23,24). The average Bonchev–Trinajstić information content (AvgIpc) is 2.54. The van der Waals surface area contributed by atoms with Gasteiger partial charge in [0.1, 0.15) is 11.6 Å². The number of nitrogens with zero attached hydrogens (tertiary/aromatic N) is 3. The molecule has 0 spiro atoms. The van der Waals surface area contributed by atoms with Crippen molar-refractivity contribution in [2.45, 2.75) is 24.9 Å². The highest BCUT2D eigenvalue weighted by Gasteiger charge is 2.31. The van der Waals surface area contributed by atoms with E-state index in [0.29, 0.717) is 5.56 Å². The summed E-state index contributed by atoms with van der Waals surface area (Å²) in [6.45, 7) is 1.70. The number of nitrogen functional groups attached to an aromatic ring is 2. The van der Waals surface area contributed by atoms with E-state index in [0.717, 1.165) is 38.2 Å². The Balaban J connectivity index is 1.98. The summed E-state index contributed by atoms with van der Waals surface area (Å²) >= 11 is 0. The zero-order valence-electron chi connectivity index (χ0n) is 12.8. The Morgan fingerprint density at radius 2 is 1.67 bits per heavy atom. The predicted octanol–water partition coefficient (Wildman–Crippen LogP) is 2.19. The number of rotatable bonds is 2. The third kappa shape index (κ3) is 3.25. The Bertz CT molecular complexity index is 717. The highest BCUT2D eigenvalue weighted by Crippen LogP contribution is 2.35. The lowest BCUT2D eigenvalue weighted by Crippen LogP contribution is -2.28. The fourth-order valence-electron chi connectivity index (χ4n) is 2.88. The van der Waals surface area contributed by atoms with E-state index in [1.165, 1.54) is 6.20 Å². The average molecular weight is 338 g/mol. The molecule has 3 rings (SSSR count). The number of pyridine rings is 1. The molecule has 1 aliphatic heterocycles. The van der Waals surface area contributed by atoms with Gasteiger partial charge in [-0.25, -0.2) is 9.97 Å². The molecule has 2 aromatic heterocycles. The van der Waals surface area contributed by atoms with Crippen molar-refractivity contribution in [2.24, 2.45) is 0 Å². The molecule has 24 heavy (non-hydrogen) atoms. The van der Waals surface area contributed by atoms with Gasteiger partial charge in [-0.1, -0.05) is 0 Å². The fraction of sp³-hybridized carbons (Fsp3) is 0.400. The summed E-state index contributed by atoms with van der Waals surface area (Å²) in [4.78, 5) is 11.9. The fourth-order valence-corrected chi connectivity index (χ4v) is 2.88. The summed E-state index contributed by atoms with van der Waals surface area (Å²) in [7, 11) is 0. The first-order valence-electron chi connectivity index (χ1n) is 7.52. The van der Waals surface area contributed by atoms with Gasteiger partial charge >= 0.3 is 6.18 Å². The molecular weight excluding hydrogens is 321 g/mol. The highest BCUT2D eigenvalue weighted by atomic mass is 19.4. The molecule has 0 radical (unpaired) electrons. The molecule has 0 aromatic carbocycles. The SMILES string of the molecule is Nc1nc(-c2cncc(C(F)(F)F)c2)nc(N)c1C1CCNCC1. The van der Waals surface area contributed by atoms with Crippen LogP contribution in [-0.4, -0.2) is 28.0 Å². The Morgan fingerprint density at radius 3 is 2.25 bits per heavy atom. The smallest absolute Gasteiger partial charge is 0.383 e. The number of hydrogen-bond donors (Lipinski definition) is 3. The summed E-state index contributed by atoms with van der Waals surface area (Å²) < 4.78 is 38.4. The first kappa shape index (κ1) is 16.4. The lowest BCUT2D eigenvalue weighted by Gasteiger charge is -2.24. The van der Waals surface area contributed by atoms with Gasteiger partial charge in [-0.2, -0.15) is 13.2 Å². The number of piperidine rings is 1. The number of anilines is 2. The summed E-state index contributed by atoms with van der Waals surface area (Å²) in [5.74, 6) is 0.616. The zero-order chi connectivity index (χ0) is 17.3. The molecule has 1 fully saturated rings. The van der Waals surface area contributed by atoms with Crippen LogP contribution in [0.25, 0.3) is 11.4 Å². The molecule has 3 heterocycles. The molecule has 0 atom stereocenters. The van der Waals surface area contributed by atoms with E-state index in [1.54, 1.807) is 0 Å². The number of nitrogens with one attached hydrogen (secondary N) is 1. The van der Waals surface area contributed by atoms with E-state index in [9.17, 15) is 13.2 Å². The quantitative estimate of drug-likeness (QED) is 0.776. The van der Waals surface area contributed by atoms with Crippen molar-refractivity contribution in [3.63, 3.8) is 0 Å². The molecule has 6 nitrogen and oxygen atoms in total. The minimum Gasteiger partial charge on any atom is -0.383 e. The van der Waals surface area contributed by atoms with Gasteiger partial charge in [0.15, 0.2) is 5.82 Å². The second kappa shape index (κ2) is 6.23. The number of nitrogens with two attached hydrogens (primary N) is 2. The largest absolute Gasteiger partial charge is 0.417 e. The molecule has 0 bridgehead atoms. The van der Waals surface area contributed by atoms with Crippen molar-refractivity contribution in [1.29, 1.82) is 0 Å². The van der Waals surface area contributed by atoms with Crippen LogP contribution in [0.2, 0.25) is 0 Å². The van der Waals surface area contributed by atoms with Gasteiger partial charge in [0.05, 0.1) is 5.56 Å². The van der Waals surface area contributed by atoms with Gasteiger partial charge in [0.2, 0.25) is 0 Å². The Kier molecular flexibility index (Phi) is 4.27.